The highest BCUT2D eigenvalue weighted by atomic mass is 32.2. The normalized spacial score (nSPS) is 7.11. The number of rotatable bonds is 0. The number of thioether (sulfide) groups is 1. The van der Waals surface area contributed by atoms with Crippen molar-refractivity contribution in [3.05, 3.63) is 11.5 Å². The summed E-state index contributed by atoms with van der Waals surface area (Å²) >= 11 is 5.23. The Labute approximate surface area is 66.8 Å². The molecule has 0 rings (SSSR count). The molecule has 0 bridgehead atoms. The molecule has 3 heteroatoms. The summed E-state index contributed by atoms with van der Waals surface area (Å²) in [6.07, 6.45) is 1.89. The summed E-state index contributed by atoms with van der Waals surface area (Å²) in [5.74, 6) is 0. The Bertz CT molecular complexity index is 95.2. The lowest BCUT2D eigenvalue weighted by Gasteiger charge is -1.77. The molecule has 0 aliphatic carbocycles. The maximum Gasteiger partial charge on any atom is 0.0607 e. The number of thiol groups is 1. The topological polar surface area (TPSA) is 23.9 Å². The van der Waals surface area contributed by atoms with Gasteiger partial charge in [-0.05, 0) is 25.0 Å². The number of nitrogens with one attached hydrogen (secondary N) is 1. The summed E-state index contributed by atoms with van der Waals surface area (Å²) < 4.78 is 0. The van der Waals surface area contributed by atoms with Gasteiger partial charge in [-0.1, -0.05) is 6.58 Å². The molecule has 1 N–H and O–H groups in total. The first-order valence-corrected chi connectivity index (χ1v) is 4.11. The Hall–Kier alpha value is 0.110. The molecule has 0 aliphatic rings. The molecular formula is C6H13NS2. The highest BCUT2D eigenvalue weighted by Crippen LogP contribution is 1.89. The largest absolute Gasteiger partial charge is 0.299 e. The van der Waals surface area contributed by atoms with Gasteiger partial charge in [-0.25, -0.2) is 0 Å². The average Bonchev–Trinajstić information content (AvgIpc) is 1.65. The maximum absolute atomic E-state index is 6.71. The van der Waals surface area contributed by atoms with E-state index in [0.29, 0.717) is 5.04 Å². The van der Waals surface area contributed by atoms with Gasteiger partial charge in [0.05, 0.1) is 5.04 Å². The average molecular weight is 163 g/mol. The van der Waals surface area contributed by atoms with Crippen molar-refractivity contribution in [1.29, 1.82) is 5.41 Å². The lowest BCUT2D eigenvalue weighted by atomic mass is 10.8. The lowest BCUT2D eigenvalue weighted by Crippen LogP contribution is -1.70. The zero-order valence-corrected chi connectivity index (χ0v) is 7.77. The predicted octanol–water partition coefficient (Wildman–Crippen LogP) is 2.80. The Morgan fingerprint density at radius 3 is 1.67 bits per heavy atom. The third kappa shape index (κ3) is 68.0. The first kappa shape index (κ1) is 11.9. The van der Waals surface area contributed by atoms with Gasteiger partial charge in [0.15, 0.2) is 0 Å². The van der Waals surface area contributed by atoms with Crippen LogP contribution in [0, 0.1) is 5.41 Å². The van der Waals surface area contributed by atoms with Gasteiger partial charge in [-0.3, -0.25) is 5.41 Å². The van der Waals surface area contributed by atoms with Crippen molar-refractivity contribution >= 4 is 29.4 Å². The van der Waals surface area contributed by atoms with Gasteiger partial charge in [0.2, 0.25) is 0 Å². The van der Waals surface area contributed by atoms with E-state index in [1.165, 1.54) is 11.8 Å². The minimum atomic E-state index is 0.671. The monoisotopic (exact) mass is 163 g/mol. The molecule has 0 heterocycles. The summed E-state index contributed by atoms with van der Waals surface area (Å²) in [5.41, 5.74) is 0. The van der Waals surface area contributed by atoms with E-state index < -0.39 is 0 Å². The zero-order valence-electron chi connectivity index (χ0n) is 6.06. The summed E-state index contributed by atoms with van der Waals surface area (Å²) in [5, 5.41) is 7.38. The Balaban J connectivity index is 0. The maximum atomic E-state index is 6.71. The smallest absolute Gasteiger partial charge is 0.0607 e. The molecule has 0 aromatic carbocycles. The molecule has 0 unspecified atom stereocenters. The van der Waals surface area contributed by atoms with Crippen LogP contribution in [0.1, 0.15) is 13.8 Å². The van der Waals surface area contributed by atoms with Gasteiger partial charge in [-0.15, -0.1) is 24.4 Å². The minimum absolute atomic E-state index is 0.671. The number of allylic oxidation sites excluding steroid dienone is 1. The van der Waals surface area contributed by atoms with Crippen LogP contribution in [0.4, 0.5) is 0 Å². The van der Waals surface area contributed by atoms with E-state index in [1.54, 1.807) is 6.92 Å². The highest BCUT2D eigenvalue weighted by molar-refractivity contribution is 8.13. The van der Waals surface area contributed by atoms with E-state index in [4.69, 9.17) is 5.41 Å². The second kappa shape index (κ2) is 8.11. The van der Waals surface area contributed by atoms with Crippen LogP contribution < -0.4 is 0 Å². The first-order valence-electron chi connectivity index (χ1n) is 2.44. The van der Waals surface area contributed by atoms with Crippen molar-refractivity contribution in [2.45, 2.75) is 13.8 Å². The second-order valence-corrected chi connectivity index (χ2v) is 3.28. The molecule has 9 heavy (non-hydrogen) atoms. The van der Waals surface area contributed by atoms with Crippen molar-refractivity contribution in [3.8, 4) is 0 Å². The molecule has 54 valence electrons. The minimum Gasteiger partial charge on any atom is -0.299 e. The fraction of sp³-hybridized carbons (Fsp3) is 0.500. The molecule has 0 radical (unpaired) electrons. The third-order valence-corrected chi connectivity index (χ3v) is 0.919. The summed E-state index contributed by atoms with van der Waals surface area (Å²) in [7, 11) is 0. The SMILES string of the molecule is C=C(C)S.CSC(C)=N. The molecule has 0 saturated carbocycles. The Morgan fingerprint density at radius 1 is 1.56 bits per heavy atom. The molecule has 1 nitrogen and oxygen atoms in total. The van der Waals surface area contributed by atoms with Gasteiger partial charge in [-0.2, -0.15) is 0 Å². The van der Waals surface area contributed by atoms with Crippen LogP contribution in [0.15, 0.2) is 11.5 Å². The first-order chi connectivity index (χ1) is 4.00. The fourth-order valence-electron chi connectivity index (χ4n) is 0. The van der Waals surface area contributed by atoms with Crippen LogP contribution in [0.2, 0.25) is 0 Å². The van der Waals surface area contributed by atoms with Gasteiger partial charge >= 0.3 is 0 Å². The van der Waals surface area contributed by atoms with Crippen molar-refractivity contribution < 1.29 is 0 Å². The van der Waals surface area contributed by atoms with Crippen molar-refractivity contribution in [2.75, 3.05) is 6.26 Å². The van der Waals surface area contributed by atoms with E-state index in [1.807, 2.05) is 13.2 Å². The lowest BCUT2D eigenvalue weighted by molar-refractivity contribution is 1.54. The van der Waals surface area contributed by atoms with E-state index in [-0.39, 0.29) is 0 Å². The van der Waals surface area contributed by atoms with E-state index in [0.717, 1.165) is 4.91 Å². The van der Waals surface area contributed by atoms with Crippen LogP contribution in [0.3, 0.4) is 0 Å². The summed E-state index contributed by atoms with van der Waals surface area (Å²) in [6.45, 7) is 7.02. The highest BCUT2D eigenvalue weighted by Gasteiger charge is 1.70. The van der Waals surface area contributed by atoms with Gasteiger partial charge in [0, 0.05) is 0 Å². The van der Waals surface area contributed by atoms with Crippen molar-refractivity contribution in [2.24, 2.45) is 0 Å². The van der Waals surface area contributed by atoms with Crippen LogP contribution in [-0.2, 0) is 0 Å². The summed E-state index contributed by atoms with van der Waals surface area (Å²) in [4.78, 5) is 0.861. The number of hydrogen-bond acceptors (Lipinski definition) is 3. The molecule has 0 spiro atoms. The number of hydrogen-bond donors (Lipinski definition) is 2. The van der Waals surface area contributed by atoms with Crippen LogP contribution in [0.25, 0.3) is 0 Å². The molecule has 0 fully saturated rings. The standard InChI is InChI=1S/C3H7NS.C3H6S/c1-3(4)5-2;1-3(2)4/h4H,1-2H3;4H,1H2,2H3. The van der Waals surface area contributed by atoms with E-state index in [2.05, 4.69) is 19.2 Å². The van der Waals surface area contributed by atoms with Crippen LogP contribution in [0.5, 0.6) is 0 Å². The molecule has 0 aliphatic heterocycles. The fourth-order valence-corrected chi connectivity index (χ4v) is 0. The predicted molar refractivity (Wildman–Crippen MR) is 50.7 cm³/mol. The quantitative estimate of drug-likeness (QED) is 0.320. The van der Waals surface area contributed by atoms with Crippen LogP contribution in [-0.4, -0.2) is 11.3 Å². The molecular weight excluding hydrogens is 150 g/mol. The molecule has 0 saturated heterocycles. The van der Waals surface area contributed by atoms with Gasteiger partial charge in [0.25, 0.3) is 0 Å². The van der Waals surface area contributed by atoms with E-state index in [9.17, 15) is 0 Å². The molecule has 0 atom stereocenters. The molecule has 0 aromatic heterocycles. The Morgan fingerprint density at radius 2 is 1.67 bits per heavy atom. The third-order valence-electron chi connectivity index (χ3n) is 0.306. The van der Waals surface area contributed by atoms with Crippen molar-refractivity contribution in [3.63, 3.8) is 0 Å². The van der Waals surface area contributed by atoms with Gasteiger partial charge in [0.1, 0.15) is 0 Å². The van der Waals surface area contributed by atoms with Gasteiger partial charge < -0.3 is 0 Å². The van der Waals surface area contributed by atoms with Crippen molar-refractivity contribution in [1.82, 2.24) is 0 Å². The molecule has 0 aromatic rings. The van der Waals surface area contributed by atoms with Crippen LogP contribution >= 0.6 is 24.4 Å². The summed E-state index contributed by atoms with van der Waals surface area (Å²) in [6, 6.07) is 0. The molecule has 0 amide bonds. The second-order valence-electron chi connectivity index (χ2n) is 1.50. The zero-order chi connectivity index (χ0) is 7.86. The van der Waals surface area contributed by atoms with E-state index >= 15 is 0 Å². The Kier molecular flexibility index (Phi) is 10.7.